The van der Waals surface area contributed by atoms with Crippen LogP contribution >= 0.6 is 0 Å². The molecule has 0 saturated carbocycles. The summed E-state index contributed by atoms with van der Waals surface area (Å²) in [6.07, 6.45) is 1.65. The van der Waals surface area contributed by atoms with Crippen molar-refractivity contribution in [3.05, 3.63) is 54.5 Å². The van der Waals surface area contributed by atoms with Crippen molar-refractivity contribution in [2.75, 3.05) is 5.73 Å². The Labute approximate surface area is 108 Å². The second-order valence-electron chi connectivity index (χ2n) is 3.93. The first-order chi connectivity index (χ1) is 9.25. The molecule has 2 aromatic heterocycles. The highest BCUT2D eigenvalue weighted by Crippen LogP contribution is 2.23. The lowest BCUT2D eigenvalue weighted by Crippen LogP contribution is -2.02. The minimum absolute atomic E-state index is 0.323. The number of hydrogen-bond acceptors (Lipinski definition) is 4. The van der Waals surface area contributed by atoms with Crippen molar-refractivity contribution in [1.29, 1.82) is 0 Å². The van der Waals surface area contributed by atoms with Crippen molar-refractivity contribution in [3.8, 4) is 17.1 Å². The van der Waals surface area contributed by atoms with Crippen molar-refractivity contribution in [1.82, 2.24) is 20.0 Å². The first kappa shape index (κ1) is 11.3. The Morgan fingerprint density at radius 2 is 2.00 bits per heavy atom. The number of halogens is 1. The van der Waals surface area contributed by atoms with Gasteiger partial charge in [-0.25, -0.2) is 4.39 Å². The van der Waals surface area contributed by atoms with Crippen LogP contribution in [0.5, 0.6) is 0 Å². The van der Waals surface area contributed by atoms with E-state index in [2.05, 4.69) is 15.3 Å². The molecule has 94 valence electrons. The molecule has 0 radical (unpaired) electrons. The third-order valence-electron chi connectivity index (χ3n) is 2.67. The lowest BCUT2D eigenvalue weighted by molar-refractivity contribution is 0.625. The van der Waals surface area contributed by atoms with Gasteiger partial charge >= 0.3 is 0 Å². The van der Waals surface area contributed by atoms with Gasteiger partial charge in [-0.15, -0.1) is 5.10 Å². The molecule has 0 unspecified atom stereocenters. The van der Waals surface area contributed by atoms with E-state index in [9.17, 15) is 4.39 Å². The highest BCUT2D eigenvalue weighted by Gasteiger charge is 2.13. The zero-order valence-corrected chi connectivity index (χ0v) is 9.86. The van der Waals surface area contributed by atoms with Crippen LogP contribution in [-0.4, -0.2) is 20.0 Å². The lowest BCUT2D eigenvalue weighted by Gasteiger charge is -2.03. The zero-order valence-electron chi connectivity index (χ0n) is 9.86. The van der Waals surface area contributed by atoms with Crippen molar-refractivity contribution < 1.29 is 4.39 Å². The number of nitrogen functional groups attached to an aromatic ring is 1. The number of nitrogens with two attached hydrogens (primary N) is 1. The number of pyridine rings is 1. The molecule has 1 aromatic carbocycles. The van der Waals surface area contributed by atoms with Gasteiger partial charge < -0.3 is 5.73 Å². The summed E-state index contributed by atoms with van der Waals surface area (Å²) in [7, 11) is 0. The Morgan fingerprint density at radius 1 is 1.11 bits per heavy atom. The van der Waals surface area contributed by atoms with Crippen molar-refractivity contribution in [2.24, 2.45) is 0 Å². The lowest BCUT2D eigenvalue weighted by atomic mass is 10.2. The van der Waals surface area contributed by atoms with E-state index in [4.69, 9.17) is 5.73 Å². The molecule has 0 spiro atoms. The molecule has 0 fully saturated rings. The van der Waals surface area contributed by atoms with Gasteiger partial charge in [-0.05, 0) is 30.3 Å². The molecule has 5 nitrogen and oxygen atoms in total. The topological polar surface area (TPSA) is 69.6 Å². The average molecular weight is 255 g/mol. The monoisotopic (exact) mass is 255 g/mol. The normalized spacial score (nSPS) is 10.6. The van der Waals surface area contributed by atoms with Gasteiger partial charge in [-0.3, -0.25) is 4.98 Å². The number of nitrogens with zero attached hydrogens (tertiary/aromatic N) is 4. The fourth-order valence-corrected chi connectivity index (χ4v) is 1.77. The van der Waals surface area contributed by atoms with E-state index < -0.39 is 0 Å². The molecule has 3 aromatic rings. The fraction of sp³-hybridized carbons (Fsp3) is 0. The van der Waals surface area contributed by atoms with Gasteiger partial charge in [0.05, 0.1) is 11.4 Å². The highest BCUT2D eigenvalue weighted by atomic mass is 19.1. The molecule has 0 atom stereocenters. The summed E-state index contributed by atoms with van der Waals surface area (Å²) in [4.78, 5) is 4.16. The van der Waals surface area contributed by atoms with Crippen LogP contribution in [0.1, 0.15) is 0 Å². The Kier molecular flexibility index (Phi) is 2.68. The first-order valence-corrected chi connectivity index (χ1v) is 5.64. The summed E-state index contributed by atoms with van der Waals surface area (Å²) in [6, 6.07) is 11.4. The van der Waals surface area contributed by atoms with Crippen LogP contribution in [0.4, 0.5) is 10.2 Å². The molecular weight excluding hydrogens is 245 g/mol. The molecule has 0 aliphatic rings. The van der Waals surface area contributed by atoms with Gasteiger partial charge in [-0.2, -0.15) is 4.68 Å². The number of aromatic nitrogens is 4. The number of rotatable bonds is 2. The van der Waals surface area contributed by atoms with E-state index in [-0.39, 0.29) is 5.82 Å². The minimum Gasteiger partial charge on any atom is -0.382 e. The van der Waals surface area contributed by atoms with Crippen LogP contribution in [-0.2, 0) is 0 Å². The third-order valence-corrected chi connectivity index (χ3v) is 2.67. The summed E-state index contributed by atoms with van der Waals surface area (Å²) in [5.74, 6) is -0.0314. The third kappa shape index (κ3) is 2.03. The summed E-state index contributed by atoms with van der Waals surface area (Å²) >= 11 is 0. The predicted molar refractivity (Wildman–Crippen MR) is 69.0 cm³/mol. The molecule has 2 N–H and O–H groups in total. The summed E-state index contributed by atoms with van der Waals surface area (Å²) in [6.45, 7) is 0. The Balaban J connectivity index is 2.09. The molecule has 0 amide bonds. The molecule has 2 heterocycles. The van der Waals surface area contributed by atoms with Gasteiger partial charge in [0.2, 0.25) is 0 Å². The van der Waals surface area contributed by atoms with Crippen molar-refractivity contribution in [2.45, 2.75) is 0 Å². The second-order valence-corrected chi connectivity index (χ2v) is 3.93. The molecule has 0 aliphatic carbocycles. The molecule has 19 heavy (non-hydrogen) atoms. The molecule has 0 saturated heterocycles. The summed E-state index contributed by atoms with van der Waals surface area (Å²) in [5.41, 5.74) is 7.62. The van der Waals surface area contributed by atoms with E-state index >= 15 is 0 Å². The van der Waals surface area contributed by atoms with E-state index in [0.717, 1.165) is 0 Å². The van der Waals surface area contributed by atoms with Crippen molar-refractivity contribution >= 4 is 5.82 Å². The quantitative estimate of drug-likeness (QED) is 0.760. The standard InChI is InChI=1S/C13H10FN5/c14-9-4-3-5-10(8-9)19-13(15)12(17-18-19)11-6-1-2-7-16-11/h1-8H,15H2. The fourth-order valence-electron chi connectivity index (χ4n) is 1.77. The minimum atomic E-state index is -0.355. The van der Waals surface area contributed by atoms with Gasteiger partial charge in [0.25, 0.3) is 0 Å². The van der Waals surface area contributed by atoms with Crippen LogP contribution in [0.15, 0.2) is 48.7 Å². The summed E-state index contributed by atoms with van der Waals surface area (Å²) < 4.78 is 14.6. The van der Waals surface area contributed by atoms with Gasteiger partial charge in [0, 0.05) is 6.20 Å². The van der Waals surface area contributed by atoms with Gasteiger partial charge in [-0.1, -0.05) is 17.3 Å². The first-order valence-electron chi connectivity index (χ1n) is 5.64. The number of hydrogen-bond donors (Lipinski definition) is 1. The van der Waals surface area contributed by atoms with Gasteiger partial charge in [0.15, 0.2) is 11.5 Å². The zero-order chi connectivity index (χ0) is 13.2. The number of anilines is 1. The van der Waals surface area contributed by atoms with Crippen LogP contribution < -0.4 is 5.73 Å². The average Bonchev–Trinajstić information content (AvgIpc) is 2.81. The van der Waals surface area contributed by atoms with Crippen molar-refractivity contribution in [3.63, 3.8) is 0 Å². The van der Waals surface area contributed by atoms with Crippen LogP contribution in [0, 0.1) is 5.82 Å². The Morgan fingerprint density at radius 3 is 2.74 bits per heavy atom. The summed E-state index contributed by atoms with van der Waals surface area (Å²) in [5, 5.41) is 7.93. The maximum atomic E-state index is 13.2. The van der Waals surface area contributed by atoms with Crippen LogP contribution in [0.25, 0.3) is 17.1 Å². The smallest absolute Gasteiger partial charge is 0.157 e. The maximum Gasteiger partial charge on any atom is 0.157 e. The molecule has 0 aliphatic heterocycles. The predicted octanol–water partition coefficient (Wildman–Crippen LogP) is 2.05. The van der Waals surface area contributed by atoms with Gasteiger partial charge in [0.1, 0.15) is 5.82 Å². The van der Waals surface area contributed by atoms with E-state index in [1.165, 1.54) is 16.8 Å². The Bertz CT molecular complexity index is 708. The Hall–Kier alpha value is -2.76. The maximum absolute atomic E-state index is 13.2. The van der Waals surface area contributed by atoms with Crippen LogP contribution in [0.3, 0.4) is 0 Å². The van der Waals surface area contributed by atoms with E-state index in [0.29, 0.717) is 22.9 Å². The molecule has 3 rings (SSSR count). The largest absolute Gasteiger partial charge is 0.382 e. The van der Waals surface area contributed by atoms with Crippen LogP contribution in [0.2, 0.25) is 0 Å². The number of benzene rings is 1. The highest BCUT2D eigenvalue weighted by molar-refractivity contribution is 5.67. The SMILES string of the molecule is Nc1c(-c2ccccn2)nnn1-c1cccc(F)c1. The van der Waals surface area contributed by atoms with E-state index in [1.54, 1.807) is 30.5 Å². The second kappa shape index (κ2) is 4.49. The molecule has 6 heteroatoms. The molecule has 0 bridgehead atoms. The van der Waals surface area contributed by atoms with E-state index in [1.807, 2.05) is 6.07 Å². The molecular formula is C13H10FN5.